The van der Waals surface area contributed by atoms with E-state index >= 15 is 0 Å². The van der Waals surface area contributed by atoms with E-state index in [1.807, 2.05) is 30.3 Å². The van der Waals surface area contributed by atoms with Crippen molar-refractivity contribution in [2.75, 3.05) is 0 Å². The minimum absolute atomic E-state index is 0.0515. The summed E-state index contributed by atoms with van der Waals surface area (Å²) in [5, 5.41) is 30.7. The number of hydrogen-bond acceptors (Lipinski definition) is 4. The van der Waals surface area contributed by atoms with Gasteiger partial charge >= 0.3 is 0 Å². The zero-order valence-electron chi connectivity index (χ0n) is 16.2. The number of hydrogen-bond donors (Lipinski definition) is 1. The number of halogens is 1. The molecule has 2 aromatic rings. The molecule has 0 fully saturated rings. The van der Waals surface area contributed by atoms with Gasteiger partial charge in [0, 0.05) is 10.9 Å². The van der Waals surface area contributed by atoms with Gasteiger partial charge in [-0.15, -0.1) is 0 Å². The maximum atomic E-state index is 10.1. The maximum Gasteiger partial charge on any atom is 0.191 e. The van der Waals surface area contributed by atoms with Crippen LogP contribution in [0.15, 0.2) is 77.5 Å². The number of benzene rings is 2. The highest BCUT2D eigenvalue weighted by molar-refractivity contribution is 6.30. The van der Waals surface area contributed by atoms with Crippen molar-refractivity contribution in [3.63, 3.8) is 0 Å². The first-order valence-corrected chi connectivity index (χ1v) is 10.2. The van der Waals surface area contributed by atoms with Crippen LogP contribution < -0.4 is 5.73 Å². The fraction of sp³-hybridized carbons (Fsp3) is 0.240. The summed E-state index contributed by atoms with van der Waals surface area (Å²) in [6, 6.07) is 24.0. The monoisotopic (exact) mass is 410 g/mol. The second-order valence-corrected chi connectivity index (χ2v) is 8.24. The van der Waals surface area contributed by atoms with Crippen LogP contribution in [0.2, 0.25) is 5.02 Å². The van der Waals surface area contributed by atoms with Crippen molar-refractivity contribution in [2.45, 2.75) is 24.7 Å². The third kappa shape index (κ3) is 2.96. The third-order valence-electron chi connectivity index (χ3n) is 6.38. The molecule has 2 aliphatic rings. The molecule has 4 nitrogen and oxygen atoms in total. The lowest BCUT2D eigenvalue weighted by Gasteiger charge is -2.45. The Morgan fingerprint density at radius 3 is 2.20 bits per heavy atom. The van der Waals surface area contributed by atoms with E-state index < -0.39 is 11.3 Å². The molecule has 0 bridgehead atoms. The molecule has 2 N–H and O–H groups in total. The summed E-state index contributed by atoms with van der Waals surface area (Å²) in [6.45, 7) is 0. The Labute approximate surface area is 181 Å². The second-order valence-electron chi connectivity index (χ2n) is 7.81. The van der Waals surface area contributed by atoms with Gasteiger partial charge in [0.15, 0.2) is 5.41 Å². The topological polar surface area (TPSA) is 97.4 Å². The number of nitriles is 3. The fourth-order valence-electron chi connectivity index (χ4n) is 4.93. The molecule has 0 aromatic heterocycles. The van der Waals surface area contributed by atoms with E-state index in [0.717, 1.165) is 24.0 Å². The zero-order chi connectivity index (χ0) is 21.3. The number of fused-ring (bicyclic) bond motifs is 1. The minimum atomic E-state index is -1.61. The molecule has 146 valence electrons. The highest BCUT2D eigenvalue weighted by Crippen LogP contribution is 2.57. The van der Waals surface area contributed by atoms with Gasteiger partial charge in [-0.1, -0.05) is 60.1 Å². The first-order chi connectivity index (χ1) is 14.6. The van der Waals surface area contributed by atoms with Crippen LogP contribution in [0.3, 0.4) is 0 Å². The second kappa shape index (κ2) is 7.72. The Hall–Kier alpha value is -3.52. The molecular formula is C25H19ClN4. The minimum Gasteiger partial charge on any atom is -0.399 e. The van der Waals surface area contributed by atoms with Crippen molar-refractivity contribution in [3.8, 4) is 18.2 Å². The summed E-state index contributed by atoms with van der Waals surface area (Å²) in [5.41, 5.74) is 7.95. The molecule has 0 heterocycles. The van der Waals surface area contributed by atoms with Crippen molar-refractivity contribution in [2.24, 2.45) is 17.1 Å². The van der Waals surface area contributed by atoms with Crippen molar-refractivity contribution >= 4 is 11.6 Å². The lowest BCUT2D eigenvalue weighted by atomic mass is 9.55. The highest BCUT2D eigenvalue weighted by atomic mass is 35.5. The maximum absolute atomic E-state index is 10.1. The number of allylic oxidation sites excluding steroid dienone is 4. The van der Waals surface area contributed by atoms with Crippen LogP contribution in [0.25, 0.3) is 0 Å². The third-order valence-corrected chi connectivity index (χ3v) is 6.63. The van der Waals surface area contributed by atoms with Crippen molar-refractivity contribution in [1.29, 1.82) is 15.8 Å². The van der Waals surface area contributed by atoms with Crippen LogP contribution in [-0.2, 0) is 0 Å². The first kappa shape index (κ1) is 19.8. The van der Waals surface area contributed by atoms with E-state index in [2.05, 4.69) is 36.4 Å². The summed E-state index contributed by atoms with van der Waals surface area (Å²) < 4.78 is 0. The molecule has 4 rings (SSSR count). The number of nitrogens with zero attached hydrogens (tertiary/aromatic N) is 3. The smallest absolute Gasteiger partial charge is 0.191 e. The predicted octanol–water partition coefficient (Wildman–Crippen LogP) is 5.33. The Balaban J connectivity index is 1.93. The van der Waals surface area contributed by atoms with E-state index in [1.54, 1.807) is 12.1 Å². The summed E-state index contributed by atoms with van der Waals surface area (Å²) in [6.07, 6.45) is 3.58. The fourth-order valence-corrected chi connectivity index (χ4v) is 5.06. The summed E-state index contributed by atoms with van der Waals surface area (Å²) in [5.74, 6) is -0.421. The average molecular weight is 411 g/mol. The standard InChI is InChI=1S/C25H19ClN4/c26-19-9-6-17(7-10-19)23-21-12-18(16-4-2-1-3-5-16)8-11-20(21)22(13-27)24(30)25(23,14-28)15-29/h1-7,9-11,18,21,23H,8,12,30H2/t18?,21-,23+/m1/s1. The SMILES string of the molecule is N#CC1=C(N)C(C#N)(C#N)[C@@H](c2ccc(Cl)cc2)[C@@H]2CC(c3ccccc3)CC=C12. The highest BCUT2D eigenvalue weighted by Gasteiger charge is 2.54. The molecule has 0 saturated heterocycles. The quantitative estimate of drug-likeness (QED) is 0.723. The molecule has 2 aliphatic carbocycles. The molecule has 0 aliphatic heterocycles. The Kier molecular flexibility index (Phi) is 5.09. The van der Waals surface area contributed by atoms with Crippen molar-refractivity contribution in [3.05, 3.63) is 93.7 Å². The summed E-state index contributed by atoms with van der Waals surface area (Å²) in [4.78, 5) is 0. The summed E-state index contributed by atoms with van der Waals surface area (Å²) in [7, 11) is 0. The number of nitrogens with two attached hydrogens (primary N) is 1. The molecule has 5 heteroatoms. The van der Waals surface area contributed by atoms with Crippen LogP contribution in [-0.4, -0.2) is 0 Å². The van der Waals surface area contributed by atoms with Crippen molar-refractivity contribution in [1.82, 2.24) is 0 Å². The van der Waals surface area contributed by atoms with Crippen LogP contribution in [0.4, 0.5) is 0 Å². The molecule has 1 unspecified atom stereocenters. The lowest BCUT2D eigenvalue weighted by Crippen LogP contribution is -2.43. The molecule has 0 saturated carbocycles. The van der Waals surface area contributed by atoms with E-state index in [0.29, 0.717) is 5.02 Å². The molecule has 0 amide bonds. The van der Waals surface area contributed by atoms with Crippen LogP contribution in [0, 0.1) is 45.3 Å². The molecule has 3 atom stereocenters. The lowest BCUT2D eigenvalue weighted by molar-refractivity contribution is 0.303. The van der Waals surface area contributed by atoms with Gasteiger partial charge in [0.25, 0.3) is 0 Å². The van der Waals surface area contributed by atoms with Gasteiger partial charge in [0.1, 0.15) is 6.07 Å². The first-order valence-electron chi connectivity index (χ1n) is 9.79. The zero-order valence-corrected chi connectivity index (χ0v) is 17.0. The van der Waals surface area contributed by atoms with Crippen LogP contribution >= 0.6 is 11.6 Å². The Bertz CT molecular complexity index is 1140. The Morgan fingerprint density at radius 2 is 1.60 bits per heavy atom. The molecule has 0 radical (unpaired) electrons. The molecule has 2 aromatic carbocycles. The molecule has 0 spiro atoms. The van der Waals surface area contributed by atoms with Gasteiger partial charge in [-0.25, -0.2) is 0 Å². The Morgan fingerprint density at radius 1 is 0.933 bits per heavy atom. The van der Waals surface area contributed by atoms with E-state index in [4.69, 9.17) is 17.3 Å². The van der Waals surface area contributed by atoms with E-state index in [9.17, 15) is 15.8 Å². The number of rotatable bonds is 2. The van der Waals surface area contributed by atoms with Crippen molar-refractivity contribution < 1.29 is 0 Å². The van der Waals surface area contributed by atoms with Gasteiger partial charge in [-0.05, 0) is 53.5 Å². The van der Waals surface area contributed by atoms with E-state index in [-0.39, 0.29) is 23.1 Å². The van der Waals surface area contributed by atoms with Gasteiger partial charge in [0.2, 0.25) is 0 Å². The molecule has 30 heavy (non-hydrogen) atoms. The molecular weight excluding hydrogens is 392 g/mol. The van der Waals surface area contributed by atoms with Gasteiger partial charge in [-0.2, -0.15) is 15.8 Å². The van der Waals surface area contributed by atoms with Crippen LogP contribution in [0.5, 0.6) is 0 Å². The van der Waals surface area contributed by atoms with Crippen LogP contribution in [0.1, 0.15) is 35.8 Å². The van der Waals surface area contributed by atoms with Gasteiger partial charge in [-0.3, -0.25) is 0 Å². The van der Waals surface area contributed by atoms with E-state index in [1.165, 1.54) is 5.56 Å². The largest absolute Gasteiger partial charge is 0.399 e. The normalized spacial score (nSPS) is 24.6. The van der Waals surface area contributed by atoms with Gasteiger partial charge in [0.05, 0.1) is 23.4 Å². The average Bonchev–Trinajstić information content (AvgIpc) is 2.79. The van der Waals surface area contributed by atoms with Gasteiger partial charge < -0.3 is 5.73 Å². The summed E-state index contributed by atoms with van der Waals surface area (Å²) >= 11 is 6.09. The predicted molar refractivity (Wildman–Crippen MR) is 115 cm³/mol.